The maximum absolute atomic E-state index is 10.7. The Morgan fingerprint density at radius 2 is 2.12 bits per heavy atom. The normalized spacial score (nSPS) is 9.94. The fourth-order valence-corrected chi connectivity index (χ4v) is 1.35. The van der Waals surface area contributed by atoms with Gasteiger partial charge in [-0.3, -0.25) is 4.98 Å². The number of aryl methyl sites for hydroxylation is 1. The summed E-state index contributed by atoms with van der Waals surface area (Å²) in [5.74, 6) is -0.396. The number of nitrogens with zero attached hydrogens (tertiary/aromatic N) is 2. The lowest BCUT2D eigenvalue weighted by Crippen LogP contribution is -2.00. The Balaban J connectivity index is 2.20. The van der Waals surface area contributed by atoms with Crippen molar-refractivity contribution in [2.24, 2.45) is 0 Å². The van der Waals surface area contributed by atoms with E-state index in [-0.39, 0.29) is 5.56 Å². The molecule has 0 aliphatic heterocycles. The molecule has 0 fully saturated rings. The smallest absolute Gasteiger partial charge is 0.337 e. The van der Waals surface area contributed by atoms with Crippen molar-refractivity contribution in [2.75, 3.05) is 5.32 Å². The largest absolute Gasteiger partial charge is 0.478 e. The molecule has 0 aliphatic carbocycles. The van der Waals surface area contributed by atoms with Gasteiger partial charge in [-0.15, -0.1) is 0 Å². The topological polar surface area (TPSA) is 75.1 Å². The van der Waals surface area contributed by atoms with E-state index in [1.807, 2.05) is 19.1 Å². The molecule has 0 amide bonds. The van der Waals surface area contributed by atoms with Gasteiger partial charge < -0.3 is 10.4 Å². The van der Waals surface area contributed by atoms with E-state index in [0.717, 1.165) is 11.4 Å². The summed E-state index contributed by atoms with van der Waals surface area (Å²) in [6.07, 6.45) is 3.03. The van der Waals surface area contributed by atoms with Crippen molar-refractivity contribution in [3.63, 3.8) is 0 Å². The summed E-state index contributed by atoms with van der Waals surface area (Å²) in [5.41, 5.74) is 1.87. The lowest BCUT2D eigenvalue weighted by atomic mass is 10.3. The van der Waals surface area contributed by atoms with E-state index < -0.39 is 5.97 Å². The molecule has 17 heavy (non-hydrogen) atoms. The number of anilines is 2. The highest BCUT2D eigenvalue weighted by atomic mass is 16.4. The molecule has 0 unspecified atom stereocenters. The molecule has 2 N–H and O–H groups in total. The SMILES string of the molecule is Cc1ncccc1Nc1ccc(C(=O)O)cn1. The summed E-state index contributed by atoms with van der Waals surface area (Å²) in [6, 6.07) is 6.83. The van der Waals surface area contributed by atoms with E-state index in [1.54, 1.807) is 12.3 Å². The maximum atomic E-state index is 10.7. The van der Waals surface area contributed by atoms with Gasteiger partial charge >= 0.3 is 5.97 Å². The first kappa shape index (κ1) is 11.1. The van der Waals surface area contributed by atoms with Gasteiger partial charge in [-0.05, 0) is 31.2 Å². The van der Waals surface area contributed by atoms with Gasteiger partial charge in [0.1, 0.15) is 5.82 Å². The molecular weight excluding hydrogens is 218 g/mol. The van der Waals surface area contributed by atoms with Crippen LogP contribution in [0.4, 0.5) is 11.5 Å². The molecule has 0 saturated heterocycles. The van der Waals surface area contributed by atoms with E-state index in [0.29, 0.717) is 5.82 Å². The maximum Gasteiger partial charge on any atom is 0.337 e. The van der Waals surface area contributed by atoms with Crippen LogP contribution in [0.1, 0.15) is 16.1 Å². The van der Waals surface area contributed by atoms with Gasteiger partial charge in [-0.2, -0.15) is 0 Å². The molecule has 2 heterocycles. The molecule has 86 valence electrons. The summed E-state index contributed by atoms with van der Waals surface area (Å²) in [6.45, 7) is 1.88. The van der Waals surface area contributed by atoms with Crippen LogP contribution < -0.4 is 5.32 Å². The Kier molecular flexibility index (Phi) is 3.00. The van der Waals surface area contributed by atoms with Crippen LogP contribution in [0.25, 0.3) is 0 Å². The zero-order valence-electron chi connectivity index (χ0n) is 9.21. The first-order valence-corrected chi connectivity index (χ1v) is 5.05. The number of carboxylic acids is 1. The molecule has 0 aliphatic rings. The molecular formula is C12H11N3O2. The standard InChI is InChI=1S/C12H11N3O2/c1-8-10(3-2-6-13-8)15-11-5-4-9(7-14-11)12(16)17/h2-7H,1H3,(H,14,15)(H,16,17). The van der Waals surface area contributed by atoms with Crippen molar-refractivity contribution in [1.82, 2.24) is 9.97 Å². The molecule has 2 rings (SSSR count). The zero-order valence-corrected chi connectivity index (χ0v) is 9.21. The van der Waals surface area contributed by atoms with Crippen molar-refractivity contribution in [3.05, 3.63) is 47.9 Å². The van der Waals surface area contributed by atoms with Gasteiger partial charge in [-0.1, -0.05) is 0 Å². The first-order chi connectivity index (χ1) is 8.16. The van der Waals surface area contributed by atoms with Gasteiger partial charge in [0.25, 0.3) is 0 Å². The van der Waals surface area contributed by atoms with Crippen molar-refractivity contribution >= 4 is 17.5 Å². The highest BCUT2D eigenvalue weighted by molar-refractivity contribution is 5.87. The van der Waals surface area contributed by atoms with Gasteiger partial charge in [0.15, 0.2) is 0 Å². The number of carbonyl (C=O) groups is 1. The van der Waals surface area contributed by atoms with E-state index in [4.69, 9.17) is 5.11 Å². The average Bonchev–Trinajstić information content (AvgIpc) is 2.33. The highest BCUT2D eigenvalue weighted by Gasteiger charge is 2.04. The number of hydrogen-bond acceptors (Lipinski definition) is 4. The second-order valence-electron chi connectivity index (χ2n) is 3.50. The summed E-state index contributed by atoms with van der Waals surface area (Å²) in [7, 11) is 0. The van der Waals surface area contributed by atoms with Crippen molar-refractivity contribution in [1.29, 1.82) is 0 Å². The minimum Gasteiger partial charge on any atom is -0.478 e. The van der Waals surface area contributed by atoms with Crippen LogP contribution >= 0.6 is 0 Å². The minimum atomic E-state index is -0.985. The van der Waals surface area contributed by atoms with Crippen LogP contribution in [0.15, 0.2) is 36.7 Å². The van der Waals surface area contributed by atoms with E-state index in [2.05, 4.69) is 15.3 Å². The Labute approximate surface area is 98.2 Å². The quantitative estimate of drug-likeness (QED) is 0.844. The predicted octanol–water partition coefficient (Wildman–Crippen LogP) is 2.23. The molecule has 0 aromatic carbocycles. The zero-order chi connectivity index (χ0) is 12.3. The fraction of sp³-hybridized carbons (Fsp3) is 0.0833. The van der Waals surface area contributed by atoms with Crippen LogP contribution in [-0.2, 0) is 0 Å². The number of nitrogens with one attached hydrogen (secondary N) is 1. The van der Waals surface area contributed by atoms with Gasteiger partial charge in [-0.25, -0.2) is 9.78 Å². The monoisotopic (exact) mass is 229 g/mol. The van der Waals surface area contributed by atoms with E-state index in [1.165, 1.54) is 12.3 Å². The number of pyridine rings is 2. The average molecular weight is 229 g/mol. The van der Waals surface area contributed by atoms with E-state index >= 15 is 0 Å². The molecule has 5 nitrogen and oxygen atoms in total. The lowest BCUT2D eigenvalue weighted by molar-refractivity contribution is 0.0696. The number of rotatable bonds is 3. The van der Waals surface area contributed by atoms with Gasteiger partial charge in [0, 0.05) is 12.4 Å². The number of aromatic nitrogens is 2. The molecule has 0 saturated carbocycles. The Hall–Kier alpha value is -2.43. The molecule has 5 heteroatoms. The Morgan fingerprint density at radius 3 is 2.71 bits per heavy atom. The summed E-state index contributed by atoms with van der Waals surface area (Å²) >= 11 is 0. The third-order valence-corrected chi connectivity index (χ3v) is 2.28. The third kappa shape index (κ3) is 2.57. The first-order valence-electron chi connectivity index (χ1n) is 5.05. The van der Waals surface area contributed by atoms with Crippen LogP contribution in [0.3, 0.4) is 0 Å². The number of hydrogen-bond donors (Lipinski definition) is 2. The number of carboxylic acid groups (broad SMARTS) is 1. The van der Waals surface area contributed by atoms with Crippen molar-refractivity contribution in [2.45, 2.75) is 6.92 Å². The molecule has 0 bridgehead atoms. The van der Waals surface area contributed by atoms with Crippen LogP contribution in [0, 0.1) is 6.92 Å². The molecule has 0 radical (unpaired) electrons. The van der Waals surface area contributed by atoms with Crippen LogP contribution in [0.5, 0.6) is 0 Å². The van der Waals surface area contributed by atoms with Crippen molar-refractivity contribution in [3.8, 4) is 0 Å². The van der Waals surface area contributed by atoms with Gasteiger partial charge in [0.05, 0.1) is 16.9 Å². The van der Waals surface area contributed by atoms with Crippen LogP contribution in [-0.4, -0.2) is 21.0 Å². The molecule has 0 spiro atoms. The third-order valence-electron chi connectivity index (χ3n) is 2.28. The minimum absolute atomic E-state index is 0.165. The Morgan fingerprint density at radius 1 is 1.29 bits per heavy atom. The van der Waals surface area contributed by atoms with Crippen LogP contribution in [0.2, 0.25) is 0 Å². The number of aromatic carboxylic acids is 1. The molecule has 2 aromatic heterocycles. The second kappa shape index (κ2) is 4.61. The van der Waals surface area contributed by atoms with E-state index in [9.17, 15) is 4.79 Å². The molecule has 0 atom stereocenters. The highest BCUT2D eigenvalue weighted by Crippen LogP contribution is 2.16. The van der Waals surface area contributed by atoms with Gasteiger partial charge in [0.2, 0.25) is 0 Å². The summed E-state index contributed by atoms with van der Waals surface area (Å²) in [4.78, 5) is 18.8. The second-order valence-corrected chi connectivity index (χ2v) is 3.50. The summed E-state index contributed by atoms with van der Waals surface area (Å²) < 4.78 is 0. The summed E-state index contributed by atoms with van der Waals surface area (Å²) in [5, 5.41) is 11.8. The van der Waals surface area contributed by atoms with Crippen molar-refractivity contribution < 1.29 is 9.90 Å². The predicted molar refractivity (Wildman–Crippen MR) is 63.5 cm³/mol. The molecule has 2 aromatic rings. The Bertz CT molecular complexity index is 538. The fourth-order valence-electron chi connectivity index (χ4n) is 1.35. The lowest BCUT2D eigenvalue weighted by Gasteiger charge is -2.07.